The molecule has 0 fully saturated rings. The number of aliphatic carboxylic acids is 1. The second kappa shape index (κ2) is 7.93. The van der Waals surface area contributed by atoms with Gasteiger partial charge in [-0.2, -0.15) is 0 Å². The molecule has 1 aliphatic heterocycles. The summed E-state index contributed by atoms with van der Waals surface area (Å²) in [5.41, 5.74) is 1.62. The van der Waals surface area contributed by atoms with E-state index in [9.17, 15) is 9.59 Å². The van der Waals surface area contributed by atoms with E-state index in [1.165, 1.54) is 11.3 Å². The minimum absolute atomic E-state index is 0.107. The first-order valence-electron chi connectivity index (χ1n) is 9.48. The summed E-state index contributed by atoms with van der Waals surface area (Å²) < 4.78 is 7.64. The van der Waals surface area contributed by atoms with Gasteiger partial charge in [0.15, 0.2) is 5.16 Å². The van der Waals surface area contributed by atoms with Gasteiger partial charge in [0, 0.05) is 11.3 Å². The maximum Gasteiger partial charge on any atom is 0.313 e. The molecule has 0 spiro atoms. The second-order valence-corrected chi connectivity index (χ2v) is 9.43. The van der Waals surface area contributed by atoms with Crippen LogP contribution in [0.25, 0.3) is 10.2 Å². The lowest BCUT2D eigenvalue weighted by atomic mass is 9.90. The molecule has 3 aromatic rings. The molecule has 1 aliphatic rings. The summed E-state index contributed by atoms with van der Waals surface area (Å²) in [7, 11) is 0. The van der Waals surface area contributed by atoms with Crippen LogP contribution in [0.5, 0.6) is 0 Å². The van der Waals surface area contributed by atoms with Crippen molar-refractivity contribution in [3.05, 3.63) is 56.7 Å². The summed E-state index contributed by atoms with van der Waals surface area (Å²) in [6.45, 7) is 5.01. The molecule has 29 heavy (non-hydrogen) atoms. The highest BCUT2D eigenvalue weighted by atomic mass is 32.2. The minimum atomic E-state index is -0.937. The highest BCUT2D eigenvalue weighted by Gasteiger charge is 2.33. The van der Waals surface area contributed by atoms with Crippen LogP contribution in [-0.4, -0.2) is 32.0 Å². The van der Waals surface area contributed by atoms with Crippen LogP contribution in [-0.2, 0) is 29.1 Å². The van der Waals surface area contributed by atoms with Crippen molar-refractivity contribution < 1.29 is 14.6 Å². The average Bonchev–Trinajstić information content (AvgIpc) is 3.07. The number of benzene rings is 1. The van der Waals surface area contributed by atoms with Crippen molar-refractivity contribution in [2.45, 2.75) is 50.6 Å². The summed E-state index contributed by atoms with van der Waals surface area (Å²) in [4.78, 5) is 31.1. The van der Waals surface area contributed by atoms with E-state index in [4.69, 9.17) is 14.8 Å². The molecule has 1 atom stereocenters. The molecule has 0 amide bonds. The lowest BCUT2D eigenvalue weighted by molar-refractivity contribution is -0.133. The molecular formula is C21H22N2O4S2. The molecule has 2 aromatic heterocycles. The Kier molecular flexibility index (Phi) is 5.50. The molecule has 0 saturated heterocycles. The number of hydrogen-bond acceptors (Lipinski definition) is 6. The van der Waals surface area contributed by atoms with E-state index in [1.807, 2.05) is 30.3 Å². The van der Waals surface area contributed by atoms with Crippen molar-refractivity contribution in [3.63, 3.8) is 0 Å². The van der Waals surface area contributed by atoms with Crippen LogP contribution in [0, 0.1) is 0 Å². The number of carbonyl (C=O) groups is 1. The summed E-state index contributed by atoms with van der Waals surface area (Å²) >= 11 is 2.56. The van der Waals surface area contributed by atoms with Crippen LogP contribution >= 0.6 is 23.1 Å². The Morgan fingerprint density at radius 1 is 1.38 bits per heavy atom. The number of aromatic nitrogens is 2. The molecule has 0 bridgehead atoms. The number of hydrogen-bond donors (Lipinski definition) is 1. The van der Waals surface area contributed by atoms with Gasteiger partial charge in [-0.05, 0) is 24.5 Å². The summed E-state index contributed by atoms with van der Waals surface area (Å²) in [5.74, 6) is -1.08. The van der Waals surface area contributed by atoms with Crippen LogP contribution in [0.1, 0.15) is 36.3 Å². The Labute approximate surface area is 176 Å². The third-order valence-electron chi connectivity index (χ3n) is 5.32. The van der Waals surface area contributed by atoms with Crippen LogP contribution < -0.4 is 5.56 Å². The number of ether oxygens (including phenoxy) is 1. The maximum atomic E-state index is 13.6. The predicted octanol–water partition coefficient (Wildman–Crippen LogP) is 3.92. The van der Waals surface area contributed by atoms with Gasteiger partial charge in [-0.1, -0.05) is 49.0 Å². The van der Waals surface area contributed by atoms with E-state index in [2.05, 4.69) is 13.8 Å². The topological polar surface area (TPSA) is 81.4 Å². The molecule has 0 aliphatic carbocycles. The molecule has 1 aromatic carbocycles. The monoisotopic (exact) mass is 430 g/mol. The minimum Gasteiger partial charge on any atom is -0.481 e. The molecule has 0 unspecified atom stereocenters. The van der Waals surface area contributed by atoms with Gasteiger partial charge in [0.05, 0.1) is 29.9 Å². The van der Waals surface area contributed by atoms with Gasteiger partial charge in [-0.25, -0.2) is 4.98 Å². The highest BCUT2D eigenvalue weighted by Crippen LogP contribution is 2.38. The quantitative estimate of drug-likeness (QED) is 0.471. The number of nitrogens with zero attached hydrogens (tertiary/aromatic N) is 2. The number of thioether (sulfide) groups is 1. The van der Waals surface area contributed by atoms with Crippen molar-refractivity contribution in [2.75, 3.05) is 5.75 Å². The first-order valence-corrected chi connectivity index (χ1v) is 11.3. The molecule has 0 saturated carbocycles. The Hall–Kier alpha value is -2.16. The van der Waals surface area contributed by atoms with Crippen LogP contribution in [0.3, 0.4) is 0 Å². The van der Waals surface area contributed by atoms with Crippen molar-refractivity contribution in [2.24, 2.45) is 0 Å². The van der Waals surface area contributed by atoms with Crippen molar-refractivity contribution in [3.8, 4) is 0 Å². The molecule has 1 N–H and O–H groups in total. The summed E-state index contributed by atoms with van der Waals surface area (Å²) in [6, 6.07) is 9.68. The van der Waals surface area contributed by atoms with E-state index in [-0.39, 0.29) is 16.9 Å². The first-order chi connectivity index (χ1) is 13.9. The largest absolute Gasteiger partial charge is 0.481 e. The summed E-state index contributed by atoms with van der Waals surface area (Å²) in [5, 5.41) is 10.2. The van der Waals surface area contributed by atoms with E-state index in [1.54, 1.807) is 4.57 Å². The van der Waals surface area contributed by atoms with Gasteiger partial charge >= 0.3 is 5.97 Å². The Bertz CT molecular complexity index is 1120. The second-order valence-electron chi connectivity index (χ2n) is 7.41. The van der Waals surface area contributed by atoms with Gasteiger partial charge < -0.3 is 9.84 Å². The van der Waals surface area contributed by atoms with Gasteiger partial charge in [-0.3, -0.25) is 14.2 Å². The smallest absolute Gasteiger partial charge is 0.313 e. The zero-order chi connectivity index (χ0) is 20.6. The number of carboxylic acid groups (broad SMARTS) is 1. The lowest BCUT2D eigenvalue weighted by Gasteiger charge is -2.32. The number of thiophene rings is 1. The third-order valence-corrected chi connectivity index (χ3v) is 7.38. The Morgan fingerprint density at radius 2 is 2.14 bits per heavy atom. The summed E-state index contributed by atoms with van der Waals surface area (Å²) in [6.07, 6.45) is 1.55. The van der Waals surface area contributed by atoms with E-state index in [0.717, 1.165) is 34.2 Å². The van der Waals surface area contributed by atoms with Crippen molar-refractivity contribution in [1.82, 2.24) is 9.55 Å². The zero-order valence-corrected chi connectivity index (χ0v) is 17.9. The fourth-order valence-electron chi connectivity index (χ4n) is 3.50. The van der Waals surface area contributed by atoms with E-state index >= 15 is 0 Å². The Balaban J connectivity index is 1.87. The molecular weight excluding hydrogens is 408 g/mol. The number of rotatable bonds is 6. The van der Waals surface area contributed by atoms with Gasteiger partial charge in [-0.15, -0.1) is 11.3 Å². The van der Waals surface area contributed by atoms with Crippen molar-refractivity contribution in [1.29, 1.82) is 0 Å². The van der Waals surface area contributed by atoms with Gasteiger partial charge in [0.1, 0.15) is 4.83 Å². The van der Waals surface area contributed by atoms with Crippen LogP contribution in [0.4, 0.5) is 0 Å². The fourth-order valence-corrected chi connectivity index (χ4v) is 5.37. The molecule has 4 rings (SSSR count). The standard InChI is InChI=1S/C21H22N2O4S2/c1-3-21(2)9-14-15(11-27-21)29-18-17(14)19(26)23(10-13-7-5-4-6-8-13)20(22-18)28-12-16(24)25/h4-8H,3,9-12H2,1-2H3,(H,24,25)/t21-/m1/s1. The molecule has 6 nitrogen and oxygen atoms in total. The van der Waals surface area contributed by atoms with Crippen LogP contribution in [0.2, 0.25) is 0 Å². The maximum absolute atomic E-state index is 13.6. The molecule has 152 valence electrons. The first kappa shape index (κ1) is 20.1. The third kappa shape index (κ3) is 3.97. The molecule has 0 radical (unpaired) electrons. The van der Waals surface area contributed by atoms with Crippen molar-refractivity contribution >= 4 is 39.3 Å². The zero-order valence-electron chi connectivity index (χ0n) is 16.3. The average molecular weight is 431 g/mol. The lowest BCUT2D eigenvalue weighted by Crippen LogP contribution is -2.34. The van der Waals surface area contributed by atoms with Crippen LogP contribution in [0.15, 0.2) is 40.3 Å². The van der Waals surface area contributed by atoms with Gasteiger partial charge in [0.2, 0.25) is 0 Å². The van der Waals surface area contributed by atoms with E-state index in [0.29, 0.717) is 34.9 Å². The van der Waals surface area contributed by atoms with E-state index < -0.39 is 5.97 Å². The normalized spacial score (nSPS) is 18.7. The number of carboxylic acids is 1. The Morgan fingerprint density at radius 3 is 2.83 bits per heavy atom. The molecule has 3 heterocycles. The highest BCUT2D eigenvalue weighted by molar-refractivity contribution is 7.99. The number of fused-ring (bicyclic) bond motifs is 3. The predicted molar refractivity (Wildman–Crippen MR) is 115 cm³/mol. The SMILES string of the molecule is CC[C@]1(C)Cc2c(sc3nc(SCC(=O)O)n(Cc4ccccc4)c(=O)c23)CO1. The molecule has 8 heteroatoms. The fraction of sp³-hybridized carbons (Fsp3) is 0.381. The van der Waals surface area contributed by atoms with Gasteiger partial charge in [0.25, 0.3) is 5.56 Å².